The predicted molar refractivity (Wildman–Crippen MR) is 74.7 cm³/mol. The van der Waals surface area contributed by atoms with Gasteiger partial charge in [0.25, 0.3) is 0 Å². The van der Waals surface area contributed by atoms with Gasteiger partial charge in [0.15, 0.2) is 0 Å². The lowest BCUT2D eigenvalue weighted by Crippen LogP contribution is -2.47. The van der Waals surface area contributed by atoms with Gasteiger partial charge in [0.1, 0.15) is 17.3 Å². The van der Waals surface area contributed by atoms with E-state index in [4.69, 9.17) is 9.15 Å². The summed E-state index contributed by atoms with van der Waals surface area (Å²) in [6, 6.07) is 10.2. The van der Waals surface area contributed by atoms with Crippen molar-refractivity contribution < 1.29 is 13.5 Å². The first-order valence-corrected chi connectivity index (χ1v) is 6.78. The SMILES string of the molecule is CC1(CNCc2ccc(-c3ccc(F)cc3)o2)COC1. The summed E-state index contributed by atoms with van der Waals surface area (Å²) in [6.07, 6.45) is 0. The van der Waals surface area contributed by atoms with Crippen LogP contribution < -0.4 is 5.32 Å². The molecule has 1 aliphatic heterocycles. The van der Waals surface area contributed by atoms with Crippen molar-refractivity contribution in [2.24, 2.45) is 5.41 Å². The minimum atomic E-state index is -0.238. The van der Waals surface area contributed by atoms with Crippen LogP contribution in [0.25, 0.3) is 11.3 Å². The van der Waals surface area contributed by atoms with Crippen LogP contribution in [-0.4, -0.2) is 19.8 Å². The molecule has 0 atom stereocenters. The highest BCUT2D eigenvalue weighted by atomic mass is 19.1. The Kier molecular flexibility index (Phi) is 3.59. The molecular weight excluding hydrogens is 257 g/mol. The maximum atomic E-state index is 12.9. The molecule has 0 saturated carbocycles. The van der Waals surface area contributed by atoms with Crippen molar-refractivity contribution in [1.82, 2.24) is 5.32 Å². The zero-order chi connectivity index (χ0) is 14.0. The van der Waals surface area contributed by atoms with Gasteiger partial charge in [0, 0.05) is 17.5 Å². The average molecular weight is 275 g/mol. The van der Waals surface area contributed by atoms with Gasteiger partial charge >= 0.3 is 0 Å². The van der Waals surface area contributed by atoms with Crippen LogP contribution >= 0.6 is 0 Å². The molecule has 0 radical (unpaired) electrons. The fourth-order valence-electron chi connectivity index (χ4n) is 2.28. The predicted octanol–water partition coefficient (Wildman–Crippen LogP) is 3.21. The molecule has 0 unspecified atom stereocenters. The number of furan rings is 1. The molecule has 3 nitrogen and oxygen atoms in total. The van der Waals surface area contributed by atoms with Crippen molar-refractivity contribution in [2.75, 3.05) is 19.8 Å². The van der Waals surface area contributed by atoms with Crippen LogP contribution in [-0.2, 0) is 11.3 Å². The van der Waals surface area contributed by atoms with E-state index >= 15 is 0 Å². The number of benzene rings is 1. The molecule has 0 aliphatic carbocycles. The first kappa shape index (κ1) is 13.3. The number of rotatable bonds is 5. The van der Waals surface area contributed by atoms with Gasteiger partial charge in [0.2, 0.25) is 0 Å². The third-order valence-corrected chi connectivity index (χ3v) is 3.54. The number of halogens is 1. The molecule has 0 amide bonds. The van der Waals surface area contributed by atoms with Gasteiger partial charge in [-0.1, -0.05) is 6.92 Å². The molecule has 3 rings (SSSR count). The topological polar surface area (TPSA) is 34.4 Å². The second kappa shape index (κ2) is 5.38. The first-order chi connectivity index (χ1) is 9.65. The first-order valence-electron chi connectivity index (χ1n) is 6.78. The highest BCUT2D eigenvalue weighted by Crippen LogP contribution is 2.26. The number of hydrogen-bond donors (Lipinski definition) is 1. The van der Waals surface area contributed by atoms with E-state index in [0.717, 1.165) is 36.8 Å². The van der Waals surface area contributed by atoms with E-state index in [-0.39, 0.29) is 11.2 Å². The maximum Gasteiger partial charge on any atom is 0.134 e. The second-order valence-corrected chi connectivity index (χ2v) is 5.68. The number of nitrogens with one attached hydrogen (secondary N) is 1. The Morgan fingerprint density at radius 2 is 1.90 bits per heavy atom. The lowest BCUT2D eigenvalue weighted by atomic mass is 9.89. The van der Waals surface area contributed by atoms with Gasteiger partial charge in [-0.2, -0.15) is 0 Å². The molecule has 2 aromatic rings. The quantitative estimate of drug-likeness (QED) is 0.910. The van der Waals surface area contributed by atoms with Crippen molar-refractivity contribution in [3.63, 3.8) is 0 Å². The van der Waals surface area contributed by atoms with E-state index < -0.39 is 0 Å². The summed E-state index contributed by atoms with van der Waals surface area (Å²) < 4.78 is 23.9. The average Bonchev–Trinajstić information content (AvgIpc) is 2.86. The molecule has 0 spiro atoms. The van der Waals surface area contributed by atoms with Crippen LogP contribution in [0.1, 0.15) is 12.7 Å². The van der Waals surface area contributed by atoms with Crippen molar-refractivity contribution in [1.29, 1.82) is 0 Å². The maximum absolute atomic E-state index is 12.9. The van der Waals surface area contributed by atoms with E-state index in [1.54, 1.807) is 12.1 Å². The van der Waals surface area contributed by atoms with Crippen molar-refractivity contribution in [3.8, 4) is 11.3 Å². The molecule has 2 heterocycles. The van der Waals surface area contributed by atoms with Gasteiger partial charge in [-0.3, -0.25) is 0 Å². The zero-order valence-corrected chi connectivity index (χ0v) is 11.5. The molecule has 106 valence electrons. The standard InChI is InChI=1S/C16H18FNO2/c1-16(10-19-11-16)9-18-8-14-6-7-15(20-14)12-2-4-13(17)5-3-12/h2-7,18H,8-11H2,1H3. The van der Waals surface area contributed by atoms with Gasteiger partial charge in [0.05, 0.1) is 19.8 Å². The van der Waals surface area contributed by atoms with Gasteiger partial charge in [-0.25, -0.2) is 4.39 Å². The molecule has 1 N–H and O–H groups in total. The summed E-state index contributed by atoms with van der Waals surface area (Å²) in [4.78, 5) is 0. The third kappa shape index (κ3) is 2.92. The van der Waals surface area contributed by atoms with E-state index in [9.17, 15) is 4.39 Å². The number of ether oxygens (including phenoxy) is 1. The van der Waals surface area contributed by atoms with Crippen LogP contribution in [0.5, 0.6) is 0 Å². The summed E-state index contributed by atoms with van der Waals surface area (Å²) in [7, 11) is 0. The van der Waals surface area contributed by atoms with Gasteiger partial charge < -0.3 is 14.5 Å². The molecule has 1 fully saturated rings. The summed E-state index contributed by atoms with van der Waals surface area (Å²) in [6.45, 7) is 5.45. The highest BCUT2D eigenvalue weighted by molar-refractivity contribution is 5.57. The molecule has 1 aromatic heterocycles. The normalized spacial score (nSPS) is 16.9. The van der Waals surface area contributed by atoms with Crippen molar-refractivity contribution >= 4 is 0 Å². The summed E-state index contributed by atoms with van der Waals surface area (Å²) in [5.41, 5.74) is 1.14. The summed E-state index contributed by atoms with van der Waals surface area (Å²) >= 11 is 0. The Bertz CT molecular complexity index is 572. The third-order valence-electron chi connectivity index (χ3n) is 3.54. The lowest BCUT2D eigenvalue weighted by molar-refractivity contribution is -0.0992. The molecule has 1 aromatic carbocycles. The second-order valence-electron chi connectivity index (χ2n) is 5.68. The minimum absolute atomic E-state index is 0.238. The Hall–Kier alpha value is -1.65. The monoisotopic (exact) mass is 275 g/mol. The molecule has 4 heteroatoms. The molecule has 0 bridgehead atoms. The smallest absolute Gasteiger partial charge is 0.134 e. The highest BCUT2D eigenvalue weighted by Gasteiger charge is 2.32. The van der Waals surface area contributed by atoms with Crippen LogP contribution in [0.15, 0.2) is 40.8 Å². The molecule has 1 saturated heterocycles. The Morgan fingerprint density at radius 1 is 1.15 bits per heavy atom. The summed E-state index contributed by atoms with van der Waals surface area (Å²) in [5, 5.41) is 3.38. The fourth-order valence-corrected chi connectivity index (χ4v) is 2.28. The van der Waals surface area contributed by atoms with Crippen LogP contribution in [0.2, 0.25) is 0 Å². The lowest BCUT2D eigenvalue weighted by Gasteiger charge is -2.38. The largest absolute Gasteiger partial charge is 0.460 e. The van der Waals surface area contributed by atoms with E-state index in [2.05, 4.69) is 12.2 Å². The zero-order valence-electron chi connectivity index (χ0n) is 11.5. The Morgan fingerprint density at radius 3 is 2.55 bits per heavy atom. The Balaban J connectivity index is 1.57. The van der Waals surface area contributed by atoms with Crippen LogP contribution in [0.4, 0.5) is 4.39 Å². The van der Waals surface area contributed by atoms with Crippen molar-refractivity contribution in [3.05, 3.63) is 48.0 Å². The van der Waals surface area contributed by atoms with Gasteiger partial charge in [-0.15, -0.1) is 0 Å². The molecule has 1 aliphatic rings. The molecule has 20 heavy (non-hydrogen) atoms. The number of hydrogen-bond acceptors (Lipinski definition) is 3. The van der Waals surface area contributed by atoms with Crippen molar-refractivity contribution in [2.45, 2.75) is 13.5 Å². The van der Waals surface area contributed by atoms with E-state index in [0.29, 0.717) is 6.54 Å². The summed E-state index contributed by atoms with van der Waals surface area (Å²) in [5.74, 6) is 1.41. The van der Waals surface area contributed by atoms with Gasteiger partial charge in [-0.05, 0) is 36.4 Å². The van der Waals surface area contributed by atoms with E-state index in [1.807, 2.05) is 12.1 Å². The minimum Gasteiger partial charge on any atom is -0.460 e. The van der Waals surface area contributed by atoms with E-state index in [1.165, 1.54) is 12.1 Å². The van der Waals surface area contributed by atoms with Crippen LogP contribution in [0, 0.1) is 11.2 Å². The Labute approximate surface area is 117 Å². The molecular formula is C16H18FNO2. The van der Waals surface area contributed by atoms with Crippen LogP contribution in [0.3, 0.4) is 0 Å². The fraction of sp³-hybridized carbons (Fsp3) is 0.375.